The lowest BCUT2D eigenvalue weighted by Gasteiger charge is -2.33. The number of amides is 1. The molecule has 2 atom stereocenters. The summed E-state index contributed by atoms with van der Waals surface area (Å²) < 4.78 is 35.8. The van der Waals surface area contributed by atoms with Gasteiger partial charge in [0.25, 0.3) is 11.7 Å². The minimum absolute atomic E-state index is 0.153. The number of ether oxygens (including phenoxy) is 3. The van der Waals surface area contributed by atoms with Crippen molar-refractivity contribution < 1.29 is 23.4 Å². The van der Waals surface area contributed by atoms with E-state index < -0.39 is 11.6 Å². The highest BCUT2D eigenvalue weighted by Gasteiger charge is 2.43. The molecular formula is C43H42FN7O4. The number of fused-ring (bicyclic) bond motifs is 3. The molecule has 12 heteroatoms. The number of anilines is 1. The summed E-state index contributed by atoms with van der Waals surface area (Å²) in [5, 5.41) is 20.7. The van der Waals surface area contributed by atoms with Gasteiger partial charge in [-0.25, -0.2) is 9.37 Å². The lowest BCUT2D eigenvalue weighted by Crippen LogP contribution is -2.35. The standard InChI is InChI=1S/C43H42FN7O4/c1-25(2)40-32-20-28(8-11-35(32)48-49-40)42(52)46-29-9-12-37-36(21-29)47-39(51(37)23-30-15-18-53-30)24-50-16-13-27(14-17-50)31-5-4-6-38-41(31)55-43(3,54-38)33-10-7-26(22-45)19-34(33)44/h4-12,19-21,25,27,30H,13-18,23-24H2,1-3H3,(H,46,52)(H,48,49)/t30-,43?/m0/s1. The largest absolute Gasteiger partial charge is 0.444 e. The molecule has 2 aromatic heterocycles. The summed E-state index contributed by atoms with van der Waals surface area (Å²) in [5.41, 5.74) is 6.50. The predicted molar refractivity (Wildman–Crippen MR) is 206 cm³/mol. The molecule has 0 bridgehead atoms. The van der Waals surface area contributed by atoms with Crippen molar-refractivity contribution in [2.24, 2.45) is 0 Å². The quantitative estimate of drug-likeness (QED) is 0.152. The molecule has 0 saturated carbocycles. The number of aromatic nitrogens is 4. The second kappa shape index (κ2) is 13.8. The average molecular weight is 740 g/mol. The molecule has 1 amide bonds. The maximum atomic E-state index is 15.1. The monoisotopic (exact) mass is 739 g/mol. The van der Waals surface area contributed by atoms with Gasteiger partial charge in [-0.15, -0.1) is 0 Å². The summed E-state index contributed by atoms with van der Waals surface area (Å²) in [6.07, 6.45) is 2.99. The molecule has 2 N–H and O–H groups in total. The fourth-order valence-electron chi connectivity index (χ4n) is 8.17. The zero-order valence-electron chi connectivity index (χ0n) is 31.1. The second-order valence-electron chi connectivity index (χ2n) is 15.3. The smallest absolute Gasteiger partial charge is 0.278 e. The summed E-state index contributed by atoms with van der Waals surface area (Å²) in [6.45, 7) is 9.80. The number of likely N-dealkylation sites (tertiary alicyclic amines) is 1. The number of hydrogen-bond donors (Lipinski definition) is 2. The summed E-state index contributed by atoms with van der Waals surface area (Å²) in [5.74, 6) is 0.622. The average Bonchev–Trinajstić information content (AvgIpc) is 3.85. The van der Waals surface area contributed by atoms with Gasteiger partial charge in [-0.2, -0.15) is 10.4 Å². The number of carbonyl (C=O) groups excluding carboxylic acids is 1. The van der Waals surface area contributed by atoms with E-state index >= 15 is 4.39 Å². The number of rotatable bonds is 9. The van der Waals surface area contributed by atoms with Crippen LogP contribution in [0.25, 0.3) is 21.9 Å². The van der Waals surface area contributed by atoms with Crippen molar-refractivity contribution in [1.29, 1.82) is 5.26 Å². The van der Waals surface area contributed by atoms with Crippen molar-refractivity contribution in [1.82, 2.24) is 24.6 Å². The van der Waals surface area contributed by atoms with Crippen LogP contribution >= 0.6 is 0 Å². The van der Waals surface area contributed by atoms with Crippen molar-refractivity contribution >= 4 is 33.5 Å². The Bertz CT molecular complexity index is 2490. The number of nitrogens with one attached hydrogen (secondary N) is 2. The van der Waals surface area contributed by atoms with Crippen molar-refractivity contribution in [2.75, 3.05) is 25.0 Å². The zero-order valence-corrected chi connectivity index (χ0v) is 31.1. The van der Waals surface area contributed by atoms with Gasteiger partial charge in [-0.3, -0.25) is 14.8 Å². The third kappa shape index (κ3) is 6.47. The number of nitrogens with zero attached hydrogens (tertiary/aromatic N) is 5. The predicted octanol–water partition coefficient (Wildman–Crippen LogP) is 8.11. The van der Waals surface area contributed by atoms with Crippen LogP contribution in [0.1, 0.15) is 90.4 Å². The molecule has 55 heavy (non-hydrogen) atoms. The van der Waals surface area contributed by atoms with E-state index in [9.17, 15) is 10.1 Å². The molecule has 11 nitrogen and oxygen atoms in total. The SMILES string of the molecule is CC(C)c1n[nH]c2ccc(C(=O)Nc3ccc4c(c3)nc(CN3CCC(c5cccc6c5OC(C)(c5ccc(C#N)cc5F)O6)CC3)n4C[C@@H]3CCO3)cc12. The van der Waals surface area contributed by atoms with Gasteiger partial charge < -0.3 is 24.1 Å². The number of benzene rings is 4. The third-order valence-corrected chi connectivity index (χ3v) is 11.3. The Morgan fingerprint density at radius 2 is 1.91 bits per heavy atom. The Morgan fingerprint density at radius 3 is 2.65 bits per heavy atom. The van der Waals surface area contributed by atoms with Gasteiger partial charge >= 0.3 is 0 Å². The molecule has 1 unspecified atom stereocenters. The molecule has 5 heterocycles. The molecule has 0 aliphatic carbocycles. The van der Waals surface area contributed by atoms with Crippen LogP contribution in [0.4, 0.5) is 10.1 Å². The van der Waals surface area contributed by atoms with Crippen LogP contribution in [0.15, 0.2) is 72.8 Å². The molecule has 0 radical (unpaired) electrons. The molecule has 3 aliphatic rings. The van der Waals surface area contributed by atoms with Crippen molar-refractivity contribution in [3.05, 3.63) is 112 Å². The fraction of sp³-hybridized carbons (Fsp3) is 0.349. The van der Waals surface area contributed by atoms with E-state index in [0.29, 0.717) is 29.3 Å². The Hall–Kier alpha value is -5.77. The van der Waals surface area contributed by atoms with Crippen molar-refractivity contribution in [2.45, 2.75) is 76.9 Å². The van der Waals surface area contributed by atoms with E-state index in [1.54, 1.807) is 19.1 Å². The minimum atomic E-state index is -1.34. The Labute approximate surface area is 318 Å². The van der Waals surface area contributed by atoms with E-state index in [4.69, 9.17) is 19.2 Å². The number of nitriles is 1. The Balaban J connectivity index is 0.905. The summed E-state index contributed by atoms with van der Waals surface area (Å²) in [6, 6.07) is 23.8. The van der Waals surface area contributed by atoms with Crippen molar-refractivity contribution in [3.8, 4) is 17.6 Å². The molecule has 0 spiro atoms. The fourth-order valence-corrected chi connectivity index (χ4v) is 8.17. The van der Waals surface area contributed by atoms with Gasteiger partial charge in [-0.05, 0) is 105 Å². The lowest BCUT2D eigenvalue weighted by atomic mass is 9.88. The molecular weight excluding hydrogens is 698 g/mol. The van der Waals surface area contributed by atoms with Crippen LogP contribution in [-0.4, -0.2) is 56.4 Å². The minimum Gasteiger partial charge on any atom is -0.444 e. The number of piperidine rings is 1. The van der Waals surface area contributed by atoms with Gasteiger partial charge in [0.2, 0.25) is 0 Å². The van der Waals surface area contributed by atoms with Gasteiger partial charge in [0.15, 0.2) is 11.5 Å². The van der Waals surface area contributed by atoms with Crippen LogP contribution in [0, 0.1) is 17.1 Å². The first kappa shape index (κ1) is 35.0. The molecule has 6 aromatic rings. The Morgan fingerprint density at radius 1 is 1.07 bits per heavy atom. The maximum Gasteiger partial charge on any atom is 0.278 e. The first-order valence-corrected chi connectivity index (χ1v) is 19.0. The van der Waals surface area contributed by atoms with E-state index in [-0.39, 0.29) is 35.0 Å². The van der Waals surface area contributed by atoms with Gasteiger partial charge in [0.1, 0.15) is 11.6 Å². The van der Waals surface area contributed by atoms with Gasteiger partial charge in [0.05, 0.1) is 58.6 Å². The van der Waals surface area contributed by atoms with Crippen LogP contribution < -0.4 is 14.8 Å². The molecule has 280 valence electrons. The van der Waals surface area contributed by atoms with E-state index in [1.165, 1.54) is 6.07 Å². The van der Waals surface area contributed by atoms with Gasteiger partial charge in [-0.1, -0.05) is 26.0 Å². The lowest BCUT2D eigenvalue weighted by molar-refractivity contribution is -0.0712. The highest BCUT2D eigenvalue weighted by atomic mass is 19.1. The number of H-pyrrole nitrogens is 1. The summed E-state index contributed by atoms with van der Waals surface area (Å²) in [7, 11) is 0. The summed E-state index contributed by atoms with van der Waals surface area (Å²) in [4.78, 5) is 21.0. The van der Waals surface area contributed by atoms with Crippen molar-refractivity contribution in [3.63, 3.8) is 0 Å². The highest BCUT2D eigenvalue weighted by Crippen LogP contribution is 2.50. The number of imidazole rings is 1. The molecule has 9 rings (SSSR count). The van der Waals surface area contributed by atoms with Gasteiger partial charge in [0, 0.05) is 35.7 Å². The highest BCUT2D eigenvalue weighted by molar-refractivity contribution is 6.07. The topological polar surface area (TPSA) is 130 Å². The molecule has 2 saturated heterocycles. The van der Waals surface area contributed by atoms with E-state index in [1.807, 2.05) is 54.6 Å². The summed E-state index contributed by atoms with van der Waals surface area (Å²) >= 11 is 0. The maximum absolute atomic E-state index is 15.1. The number of aromatic amines is 1. The normalized spacial score (nSPS) is 19.9. The zero-order chi connectivity index (χ0) is 37.8. The first-order valence-electron chi connectivity index (χ1n) is 19.0. The molecule has 4 aromatic carbocycles. The number of carbonyl (C=O) groups is 1. The third-order valence-electron chi connectivity index (χ3n) is 11.3. The number of para-hydroxylation sites is 1. The van der Waals surface area contributed by atoms with Crippen LogP contribution in [-0.2, 0) is 23.6 Å². The Kier molecular flexibility index (Phi) is 8.79. The molecule has 3 aliphatic heterocycles. The number of hydrogen-bond acceptors (Lipinski definition) is 8. The first-order chi connectivity index (χ1) is 26.7. The van der Waals surface area contributed by atoms with Crippen LogP contribution in [0.2, 0.25) is 0 Å². The van der Waals surface area contributed by atoms with Crippen LogP contribution in [0.3, 0.4) is 0 Å². The van der Waals surface area contributed by atoms with E-state index in [0.717, 1.165) is 84.5 Å². The second-order valence-corrected chi connectivity index (χ2v) is 15.3. The van der Waals surface area contributed by atoms with Crippen LogP contribution in [0.5, 0.6) is 11.5 Å². The molecule has 2 fully saturated rings. The van der Waals surface area contributed by atoms with E-state index in [2.05, 4.69) is 44.9 Å². The number of halogens is 1.